The fourth-order valence-corrected chi connectivity index (χ4v) is 3.81. The van der Waals surface area contributed by atoms with Gasteiger partial charge in [-0.25, -0.2) is 0 Å². The van der Waals surface area contributed by atoms with Crippen molar-refractivity contribution in [3.63, 3.8) is 0 Å². The zero-order chi connectivity index (χ0) is 14.8. The van der Waals surface area contributed by atoms with E-state index in [0.717, 1.165) is 17.1 Å². The van der Waals surface area contributed by atoms with Gasteiger partial charge in [0, 0.05) is 17.1 Å². The third-order valence-corrected chi connectivity index (χ3v) is 4.99. The average molecular weight is 282 g/mol. The van der Waals surface area contributed by atoms with Crippen LogP contribution in [0.4, 0.5) is 0 Å². The highest BCUT2D eigenvalue weighted by atomic mass is 14.7. The van der Waals surface area contributed by atoms with E-state index in [4.69, 9.17) is 5.73 Å². The molecule has 1 fully saturated rings. The first kappa shape index (κ1) is 14.5. The van der Waals surface area contributed by atoms with Crippen molar-refractivity contribution in [2.24, 2.45) is 11.7 Å². The minimum atomic E-state index is 0.314. The highest BCUT2D eigenvalue weighted by Crippen LogP contribution is 2.38. The SMILES string of the molecule is CCCC1CCC(N)C(c2ccc3nc(C)ccc3c2)C1. The second kappa shape index (κ2) is 6.15. The van der Waals surface area contributed by atoms with Crippen molar-refractivity contribution in [2.75, 3.05) is 0 Å². The van der Waals surface area contributed by atoms with Gasteiger partial charge in [0.25, 0.3) is 0 Å². The monoisotopic (exact) mass is 282 g/mol. The number of fused-ring (bicyclic) bond motifs is 1. The van der Waals surface area contributed by atoms with Gasteiger partial charge in [0.1, 0.15) is 0 Å². The molecule has 1 aliphatic carbocycles. The zero-order valence-electron chi connectivity index (χ0n) is 13.2. The second-order valence-electron chi connectivity index (χ2n) is 6.64. The number of pyridine rings is 1. The molecule has 1 aliphatic rings. The molecule has 2 heteroatoms. The summed E-state index contributed by atoms with van der Waals surface area (Å²) in [5, 5.41) is 1.24. The minimum Gasteiger partial charge on any atom is -0.327 e. The Morgan fingerprint density at radius 1 is 1.19 bits per heavy atom. The standard InChI is InChI=1S/C19H26N2/c1-3-4-14-6-9-18(20)17(11-14)15-8-10-19-16(12-15)7-5-13(2)21-19/h5,7-8,10,12,14,17-18H,3-4,6,9,11,20H2,1-2H3. The molecule has 0 spiro atoms. The number of aryl methyl sites for hydroxylation is 1. The van der Waals surface area contributed by atoms with E-state index in [0.29, 0.717) is 12.0 Å². The summed E-state index contributed by atoms with van der Waals surface area (Å²) < 4.78 is 0. The summed E-state index contributed by atoms with van der Waals surface area (Å²) in [7, 11) is 0. The van der Waals surface area contributed by atoms with Gasteiger partial charge >= 0.3 is 0 Å². The van der Waals surface area contributed by atoms with E-state index in [2.05, 4.69) is 42.2 Å². The molecule has 1 aromatic carbocycles. The Kier molecular flexibility index (Phi) is 4.25. The predicted octanol–water partition coefficient (Wildman–Crippen LogP) is 4.55. The van der Waals surface area contributed by atoms with Crippen molar-refractivity contribution in [2.45, 2.75) is 57.9 Å². The normalized spacial score (nSPS) is 26.1. The van der Waals surface area contributed by atoms with Gasteiger partial charge in [-0.3, -0.25) is 4.98 Å². The van der Waals surface area contributed by atoms with Crippen LogP contribution >= 0.6 is 0 Å². The lowest BCUT2D eigenvalue weighted by molar-refractivity contribution is 0.274. The molecule has 2 N–H and O–H groups in total. The minimum absolute atomic E-state index is 0.314. The van der Waals surface area contributed by atoms with E-state index in [-0.39, 0.29) is 0 Å². The maximum absolute atomic E-state index is 6.42. The number of nitrogens with zero attached hydrogens (tertiary/aromatic N) is 1. The van der Waals surface area contributed by atoms with E-state index in [1.807, 2.05) is 6.92 Å². The molecule has 3 unspecified atom stereocenters. The van der Waals surface area contributed by atoms with Gasteiger partial charge in [-0.15, -0.1) is 0 Å². The molecule has 0 radical (unpaired) electrons. The Hall–Kier alpha value is -1.41. The van der Waals surface area contributed by atoms with Crippen LogP contribution in [0.2, 0.25) is 0 Å². The predicted molar refractivity (Wildman–Crippen MR) is 89.4 cm³/mol. The lowest BCUT2D eigenvalue weighted by atomic mass is 9.73. The van der Waals surface area contributed by atoms with Gasteiger partial charge in [0.2, 0.25) is 0 Å². The summed E-state index contributed by atoms with van der Waals surface area (Å²) in [4.78, 5) is 4.59. The molecule has 3 rings (SSSR count). The van der Waals surface area contributed by atoms with E-state index in [1.54, 1.807) is 0 Å². The molecule has 0 amide bonds. The highest BCUT2D eigenvalue weighted by molar-refractivity contribution is 5.79. The Labute approximate surface area is 127 Å². The summed E-state index contributed by atoms with van der Waals surface area (Å²) in [6.45, 7) is 4.33. The maximum atomic E-state index is 6.42. The van der Waals surface area contributed by atoms with Gasteiger partial charge < -0.3 is 5.73 Å². The van der Waals surface area contributed by atoms with Crippen LogP contribution in [0.15, 0.2) is 30.3 Å². The zero-order valence-corrected chi connectivity index (χ0v) is 13.2. The maximum Gasteiger partial charge on any atom is 0.0705 e. The summed E-state index contributed by atoms with van der Waals surface area (Å²) >= 11 is 0. The van der Waals surface area contributed by atoms with Crippen molar-refractivity contribution in [3.05, 3.63) is 41.6 Å². The summed E-state index contributed by atoms with van der Waals surface area (Å²) in [5.41, 5.74) is 9.99. The topological polar surface area (TPSA) is 38.9 Å². The quantitative estimate of drug-likeness (QED) is 0.896. The van der Waals surface area contributed by atoms with Crippen LogP contribution in [-0.2, 0) is 0 Å². The lowest BCUT2D eigenvalue weighted by Crippen LogP contribution is -2.34. The van der Waals surface area contributed by atoms with Crippen LogP contribution in [0.5, 0.6) is 0 Å². The van der Waals surface area contributed by atoms with Crippen LogP contribution in [0, 0.1) is 12.8 Å². The van der Waals surface area contributed by atoms with Crippen LogP contribution in [-0.4, -0.2) is 11.0 Å². The van der Waals surface area contributed by atoms with Gasteiger partial charge in [0.05, 0.1) is 5.52 Å². The molecule has 0 saturated heterocycles. The Bertz CT molecular complexity index is 620. The smallest absolute Gasteiger partial charge is 0.0705 e. The number of rotatable bonds is 3. The third-order valence-electron chi connectivity index (χ3n) is 4.99. The molecule has 1 aromatic heterocycles. The van der Waals surface area contributed by atoms with Gasteiger partial charge in [-0.05, 0) is 61.8 Å². The van der Waals surface area contributed by atoms with Crippen LogP contribution in [0.3, 0.4) is 0 Å². The lowest BCUT2D eigenvalue weighted by Gasteiger charge is -2.34. The van der Waals surface area contributed by atoms with Crippen molar-refractivity contribution in [1.82, 2.24) is 4.98 Å². The molecular weight excluding hydrogens is 256 g/mol. The van der Waals surface area contributed by atoms with Gasteiger partial charge in [-0.2, -0.15) is 0 Å². The molecule has 3 atom stereocenters. The van der Waals surface area contributed by atoms with E-state index in [9.17, 15) is 0 Å². The van der Waals surface area contributed by atoms with E-state index >= 15 is 0 Å². The first-order valence-electron chi connectivity index (χ1n) is 8.30. The molecule has 0 bridgehead atoms. The van der Waals surface area contributed by atoms with Crippen LogP contribution in [0.25, 0.3) is 10.9 Å². The number of hydrogen-bond acceptors (Lipinski definition) is 2. The first-order valence-corrected chi connectivity index (χ1v) is 8.30. The summed E-state index contributed by atoms with van der Waals surface area (Å²) in [6.07, 6.45) is 6.35. The molecule has 1 heterocycles. The number of hydrogen-bond donors (Lipinski definition) is 1. The number of benzene rings is 1. The largest absolute Gasteiger partial charge is 0.327 e. The second-order valence-corrected chi connectivity index (χ2v) is 6.64. The van der Waals surface area contributed by atoms with Crippen molar-refractivity contribution < 1.29 is 0 Å². The van der Waals surface area contributed by atoms with Crippen molar-refractivity contribution in [1.29, 1.82) is 0 Å². The van der Waals surface area contributed by atoms with E-state index < -0.39 is 0 Å². The molecule has 1 saturated carbocycles. The van der Waals surface area contributed by atoms with Crippen LogP contribution in [0.1, 0.15) is 56.2 Å². The molecular formula is C19H26N2. The Morgan fingerprint density at radius 2 is 2.05 bits per heavy atom. The molecule has 112 valence electrons. The van der Waals surface area contributed by atoms with Crippen molar-refractivity contribution in [3.8, 4) is 0 Å². The van der Waals surface area contributed by atoms with Crippen LogP contribution < -0.4 is 5.73 Å². The molecule has 2 aromatic rings. The Balaban J connectivity index is 1.89. The van der Waals surface area contributed by atoms with Gasteiger partial charge in [-0.1, -0.05) is 31.9 Å². The first-order chi connectivity index (χ1) is 10.2. The molecule has 0 aliphatic heterocycles. The average Bonchev–Trinajstić information content (AvgIpc) is 2.49. The third kappa shape index (κ3) is 3.11. The highest BCUT2D eigenvalue weighted by Gasteiger charge is 2.28. The Morgan fingerprint density at radius 3 is 2.86 bits per heavy atom. The molecule has 21 heavy (non-hydrogen) atoms. The number of nitrogens with two attached hydrogens (primary N) is 1. The molecule has 2 nitrogen and oxygen atoms in total. The van der Waals surface area contributed by atoms with Crippen molar-refractivity contribution >= 4 is 10.9 Å². The summed E-state index contributed by atoms with van der Waals surface area (Å²) in [5.74, 6) is 1.37. The van der Waals surface area contributed by atoms with E-state index in [1.165, 1.54) is 43.1 Å². The fourth-order valence-electron chi connectivity index (χ4n) is 3.81. The number of aromatic nitrogens is 1. The van der Waals surface area contributed by atoms with Gasteiger partial charge in [0.15, 0.2) is 0 Å². The summed E-state index contributed by atoms with van der Waals surface area (Å²) in [6, 6.07) is 11.3. The fraction of sp³-hybridized carbons (Fsp3) is 0.526.